The first-order valence-electron chi connectivity index (χ1n) is 11.6. The van der Waals surface area contributed by atoms with Gasteiger partial charge in [0.1, 0.15) is 6.61 Å². The van der Waals surface area contributed by atoms with E-state index in [9.17, 15) is 0 Å². The van der Waals surface area contributed by atoms with E-state index in [1.165, 1.54) is 11.3 Å². The number of methoxy groups -OCH3 is 1. The zero-order valence-corrected chi connectivity index (χ0v) is 20.0. The van der Waals surface area contributed by atoms with Gasteiger partial charge < -0.3 is 19.1 Å². The van der Waals surface area contributed by atoms with E-state index in [-0.39, 0.29) is 0 Å². The second-order valence-corrected chi connectivity index (χ2v) is 8.35. The minimum absolute atomic E-state index is 0.476. The predicted molar refractivity (Wildman–Crippen MR) is 139 cm³/mol. The van der Waals surface area contributed by atoms with Crippen LogP contribution in [0.2, 0.25) is 0 Å². The number of ether oxygens (including phenoxy) is 3. The molecule has 34 heavy (non-hydrogen) atoms. The summed E-state index contributed by atoms with van der Waals surface area (Å²) in [6.07, 6.45) is 4.41. The molecule has 0 aromatic heterocycles. The van der Waals surface area contributed by atoms with Gasteiger partial charge >= 0.3 is 0 Å². The summed E-state index contributed by atoms with van der Waals surface area (Å²) >= 11 is 0. The number of hydrogen-bond acceptors (Lipinski definition) is 5. The summed E-state index contributed by atoms with van der Waals surface area (Å²) < 4.78 is 17.3. The Morgan fingerprint density at radius 2 is 1.76 bits per heavy atom. The molecule has 4 rings (SSSR count). The molecule has 3 aromatic rings. The van der Waals surface area contributed by atoms with Crippen molar-refractivity contribution in [1.82, 2.24) is 0 Å². The first-order chi connectivity index (χ1) is 16.7. The normalized spacial score (nSPS) is 13.8. The van der Waals surface area contributed by atoms with Gasteiger partial charge in [-0.2, -0.15) is 0 Å². The first kappa shape index (κ1) is 23.6. The molecular weight excluding hydrogens is 424 g/mol. The summed E-state index contributed by atoms with van der Waals surface area (Å²) in [6, 6.07) is 20.7. The highest BCUT2D eigenvalue weighted by Gasteiger charge is 2.13. The van der Waals surface area contributed by atoms with Crippen LogP contribution in [0.5, 0.6) is 11.5 Å². The van der Waals surface area contributed by atoms with Crippen molar-refractivity contribution in [3.63, 3.8) is 0 Å². The molecule has 0 spiro atoms. The molecule has 0 bridgehead atoms. The molecule has 0 saturated carbocycles. The molecule has 0 radical (unpaired) electrons. The van der Waals surface area contributed by atoms with E-state index in [0.717, 1.165) is 54.4 Å². The molecule has 176 valence electrons. The SMILES string of the molecule is C=CCc1cc(C=Nc2ccc(N3CCOCC3)cc2)cc(OC)c1OCc1ccc(C)cc1. The molecule has 0 atom stereocenters. The summed E-state index contributed by atoms with van der Waals surface area (Å²) in [6.45, 7) is 9.86. The van der Waals surface area contributed by atoms with Crippen LogP contribution in [0.3, 0.4) is 0 Å². The molecule has 1 aliphatic rings. The Morgan fingerprint density at radius 3 is 2.44 bits per heavy atom. The van der Waals surface area contributed by atoms with Gasteiger partial charge in [0, 0.05) is 30.6 Å². The van der Waals surface area contributed by atoms with Crippen molar-refractivity contribution in [2.24, 2.45) is 4.99 Å². The van der Waals surface area contributed by atoms with Gasteiger partial charge in [-0.1, -0.05) is 35.9 Å². The van der Waals surface area contributed by atoms with Crippen molar-refractivity contribution in [2.75, 3.05) is 38.3 Å². The largest absolute Gasteiger partial charge is 0.493 e. The van der Waals surface area contributed by atoms with E-state index in [1.807, 2.05) is 30.5 Å². The molecule has 1 heterocycles. The van der Waals surface area contributed by atoms with Gasteiger partial charge in [-0.15, -0.1) is 6.58 Å². The molecule has 3 aromatic carbocycles. The summed E-state index contributed by atoms with van der Waals surface area (Å²) in [5.41, 5.74) is 6.42. The summed E-state index contributed by atoms with van der Waals surface area (Å²) in [5.74, 6) is 1.44. The molecule has 1 fully saturated rings. The van der Waals surface area contributed by atoms with Crippen LogP contribution < -0.4 is 14.4 Å². The highest BCUT2D eigenvalue weighted by atomic mass is 16.5. The lowest BCUT2D eigenvalue weighted by Crippen LogP contribution is -2.36. The summed E-state index contributed by atoms with van der Waals surface area (Å²) in [4.78, 5) is 7.01. The highest BCUT2D eigenvalue weighted by Crippen LogP contribution is 2.34. The molecule has 5 heteroatoms. The molecule has 0 unspecified atom stereocenters. The predicted octanol–water partition coefficient (Wildman–Crippen LogP) is 5.90. The van der Waals surface area contributed by atoms with Crippen LogP contribution in [0.4, 0.5) is 11.4 Å². The van der Waals surface area contributed by atoms with E-state index in [4.69, 9.17) is 14.2 Å². The number of rotatable bonds is 9. The standard InChI is InChI=1S/C29H32N2O3/c1-4-5-25-18-24(19-28(32-3)29(25)34-21-23-8-6-22(2)7-9-23)20-30-26-10-12-27(13-11-26)31-14-16-33-17-15-31/h4,6-13,18-20H,1,5,14-17,21H2,2-3H3. The lowest BCUT2D eigenvalue weighted by atomic mass is 10.1. The van der Waals surface area contributed by atoms with Gasteiger partial charge in [0.15, 0.2) is 11.5 Å². The molecule has 1 aliphatic heterocycles. The van der Waals surface area contributed by atoms with Crippen LogP contribution in [0, 0.1) is 6.92 Å². The van der Waals surface area contributed by atoms with E-state index in [1.54, 1.807) is 7.11 Å². The van der Waals surface area contributed by atoms with Crippen LogP contribution in [0.1, 0.15) is 22.3 Å². The minimum Gasteiger partial charge on any atom is -0.493 e. The van der Waals surface area contributed by atoms with Crippen molar-refractivity contribution < 1.29 is 14.2 Å². The Hall–Kier alpha value is -3.57. The first-order valence-corrected chi connectivity index (χ1v) is 11.6. The second kappa shape index (κ2) is 11.5. The fourth-order valence-corrected chi connectivity index (χ4v) is 3.94. The quantitative estimate of drug-likeness (QED) is 0.297. The maximum absolute atomic E-state index is 6.20. The van der Waals surface area contributed by atoms with Crippen LogP contribution in [0.25, 0.3) is 0 Å². The molecule has 0 aliphatic carbocycles. The molecule has 5 nitrogen and oxygen atoms in total. The van der Waals surface area contributed by atoms with Gasteiger partial charge in [-0.3, -0.25) is 4.99 Å². The topological polar surface area (TPSA) is 43.3 Å². The third kappa shape index (κ3) is 6.06. The Kier molecular flexibility index (Phi) is 7.99. The zero-order valence-electron chi connectivity index (χ0n) is 20.0. The van der Waals surface area contributed by atoms with Crippen LogP contribution in [-0.2, 0) is 17.8 Å². The number of benzene rings is 3. The van der Waals surface area contributed by atoms with Crippen LogP contribution >= 0.6 is 0 Å². The van der Waals surface area contributed by atoms with Crippen molar-refractivity contribution >= 4 is 17.6 Å². The smallest absolute Gasteiger partial charge is 0.165 e. The number of hydrogen-bond donors (Lipinski definition) is 0. The lowest BCUT2D eigenvalue weighted by molar-refractivity contribution is 0.122. The number of aryl methyl sites for hydroxylation is 1. The van der Waals surface area contributed by atoms with Gasteiger partial charge in [0.2, 0.25) is 0 Å². The highest BCUT2D eigenvalue weighted by molar-refractivity contribution is 5.84. The number of morpholine rings is 1. The van der Waals surface area contributed by atoms with Crippen molar-refractivity contribution in [3.05, 3.63) is 95.6 Å². The third-order valence-electron chi connectivity index (χ3n) is 5.83. The monoisotopic (exact) mass is 456 g/mol. The maximum Gasteiger partial charge on any atom is 0.165 e. The van der Waals surface area contributed by atoms with Gasteiger partial charge in [0.25, 0.3) is 0 Å². The average Bonchev–Trinajstić information content (AvgIpc) is 2.88. The molecule has 1 saturated heterocycles. The number of nitrogens with zero attached hydrogens (tertiary/aromatic N) is 2. The van der Waals surface area contributed by atoms with Gasteiger partial charge in [-0.05, 0) is 60.9 Å². The minimum atomic E-state index is 0.476. The van der Waals surface area contributed by atoms with E-state index >= 15 is 0 Å². The third-order valence-corrected chi connectivity index (χ3v) is 5.83. The van der Waals surface area contributed by atoms with Crippen LogP contribution in [0.15, 0.2) is 78.3 Å². The summed E-state index contributed by atoms with van der Waals surface area (Å²) in [5, 5.41) is 0. The molecular formula is C29H32N2O3. The lowest BCUT2D eigenvalue weighted by Gasteiger charge is -2.28. The van der Waals surface area contributed by atoms with E-state index in [0.29, 0.717) is 18.8 Å². The Balaban J connectivity index is 1.51. The van der Waals surface area contributed by atoms with E-state index in [2.05, 4.69) is 65.9 Å². The Bertz CT molecular complexity index is 1120. The fourth-order valence-electron chi connectivity index (χ4n) is 3.94. The van der Waals surface area contributed by atoms with Gasteiger partial charge in [-0.25, -0.2) is 0 Å². The number of allylic oxidation sites excluding steroid dienone is 1. The summed E-state index contributed by atoms with van der Waals surface area (Å²) in [7, 11) is 1.66. The molecule has 0 amide bonds. The number of anilines is 1. The second-order valence-electron chi connectivity index (χ2n) is 8.35. The fraction of sp³-hybridized carbons (Fsp3) is 0.276. The van der Waals surface area contributed by atoms with Gasteiger partial charge in [0.05, 0.1) is 26.0 Å². The Labute approximate surface area is 202 Å². The van der Waals surface area contributed by atoms with Crippen molar-refractivity contribution in [1.29, 1.82) is 0 Å². The molecule has 0 N–H and O–H groups in total. The Morgan fingerprint density at radius 1 is 1.03 bits per heavy atom. The average molecular weight is 457 g/mol. The zero-order chi connectivity index (χ0) is 23.8. The maximum atomic E-state index is 6.20. The van der Waals surface area contributed by atoms with E-state index < -0.39 is 0 Å². The van der Waals surface area contributed by atoms with Crippen molar-refractivity contribution in [2.45, 2.75) is 20.0 Å². The van der Waals surface area contributed by atoms with Crippen LogP contribution in [-0.4, -0.2) is 39.6 Å². The number of aliphatic imine (C=N–C) groups is 1. The van der Waals surface area contributed by atoms with Crippen molar-refractivity contribution in [3.8, 4) is 11.5 Å².